The Bertz CT molecular complexity index is 1380. The lowest BCUT2D eigenvalue weighted by Gasteiger charge is -2.15. The standard InChI is InChI=1S/C24H21F4N5O/c1-14-7-19(12-30-21(14)32(2)3)31-23(34)20-10-16-9-17(24(26,27)28)11-29-22(16)33(20)13-15-5-4-6-18(25)8-15/h4-12H,13H2,1-3H3,(H,31,34). The molecule has 1 aromatic carbocycles. The van der Waals surface area contributed by atoms with E-state index in [1.54, 1.807) is 12.1 Å². The van der Waals surface area contributed by atoms with Gasteiger partial charge >= 0.3 is 6.18 Å². The Kier molecular flexibility index (Phi) is 5.99. The van der Waals surface area contributed by atoms with Crippen molar-refractivity contribution in [3.05, 3.63) is 83.1 Å². The van der Waals surface area contributed by atoms with Crippen molar-refractivity contribution < 1.29 is 22.4 Å². The molecule has 1 N–H and O–H groups in total. The predicted molar refractivity (Wildman–Crippen MR) is 121 cm³/mol. The largest absolute Gasteiger partial charge is 0.417 e. The zero-order valence-electron chi connectivity index (χ0n) is 18.6. The number of amides is 1. The van der Waals surface area contributed by atoms with Crippen molar-refractivity contribution in [2.75, 3.05) is 24.3 Å². The monoisotopic (exact) mass is 471 g/mol. The van der Waals surface area contributed by atoms with Gasteiger partial charge in [0.05, 0.1) is 17.4 Å². The van der Waals surface area contributed by atoms with E-state index in [9.17, 15) is 22.4 Å². The summed E-state index contributed by atoms with van der Waals surface area (Å²) < 4.78 is 54.8. The molecule has 1 amide bonds. The summed E-state index contributed by atoms with van der Waals surface area (Å²) >= 11 is 0. The first-order valence-electron chi connectivity index (χ1n) is 10.3. The Labute approximate surface area is 192 Å². The van der Waals surface area contributed by atoms with Gasteiger partial charge in [-0.05, 0) is 48.4 Å². The minimum atomic E-state index is -4.58. The lowest BCUT2D eigenvalue weighted by Crippen LogP contribution is -2.18. The summed E-state index contributed by atoms with van der Waals surface area (Å²) in [5.41, 5.74) is 1.13. The molecule has 176 valence electrons. The second kappa shape index (κ2) is 8.77. The van der Waals surface area contributed by atoms with Crippen LogP contribution in [0.4, 0.5) is 29.1 Å². The molecule has 0 spiro atoms. The summed E-state index contributed by atoms with van der Waals surface area (Å²) in [6.07, 6.45) is -2.36. The molecule has 0 saturated carbocycles. The van der Waals surface area contributed by atoms with Crippen molar-refractivity contribution in [2.45, 2.75) is 19.6 Å². The highest BCUT2D eigenvalue weighted by Gasteiger charge is 2.32. The molecular weight excluding hydrogens is 450 g/mol. The normalized spacial score (nSPS) is 11.6. The van der Waals surface area contributed by atoms with Crippen LogP contribution in [0, 0.1) is 12.7 Å². The van der Waals surface area contributed by atoms with Crippen LogP contribution in [-0.2, 0) is 12.7 Å². The van der Waals surface area contributed by atoms with Crippen LogP contribution in [0.1, 0.15) is 27.2 Å². The summed E-state index contributed by atoms with van der Waals surface area (Å²) in [7, 11) is 3.70. The number of pyridine rings is 2. The first kappa shape index (κ1) is 23.2. The number of fused-ring (bicyclic) bond motifs is 1. The molecule has 0 aliphatic rings. The van der Waals surface area contributed by atoms with Crippen LogP contribution in [0.2, 0.25) is 0 Å². The molecular formula is C24H21F4N5O. The molecule has 0 fully saturated rings. The summed E-state index contributed by atoms with van der Waals surface area (Å²) in [6.45, 7) is 1.89. The second-order valence-electron chi connectivity index (χ2n) is 8.09. The quantitative estimate of drug-likeness (QED) is 0.403. The summed E-state index contributed by atoms with van der Waals surface area (Å²) in [4.78, 5) is 23.3. The summed E-state index contributed by atoms with van der Waals surface area (Å²) in [5.74, 6) is -0.279. The number of aromatic nitrogens is 3. The lowest BCUT2D eigenvalue weighted by atomic mass is 10.2. The lowest BCUT2D eigenvalue weighted by molar-refractivity contribution is -0.137. The molecule has 3 aromatic heterocycles. The maximum Gasteiger partial charge on any atom is 0.417 e. The number of carbonyl (C=O) groups excluding carboxylic acids is 1. The number of carbonyl (C=O) groups is 1. The molecule has 0 unspecified atom stereocenters. The number of halogens is 4. The fourth-order valence-corrected chi connectivity index (χ4v) is 3.77. The third kappa shape index (κ3) is 4.70. The Balaban J connectivity index is 1.76. The number of hydrogen-bond donors (Lipinski definition) is 1. The van der Waals surface area contributed by atoms with Crippen molar-refractivity contribution in [3.8, 4) is 0 Å². The molecule has 0 bridgehead atoms. The van der Waals surface area contributed by atoms with Gasteiger partial charge in [-0.15, -0.1) is 0 Å². The predicted octanol–water partition coefficient (Wildman–Crippen LogP) is 5.26. The van der Waals surface area contributed by atoms with E-state index in [2.05, 4.69) is 15.3 Å². The van der Waals surface area contributed by atoms with Crippen molar-refractivity contribution in [1.82, 2.24) is 14.5 Å². The van der Waals surface area contributed by atoms with Gasteiger partial charge in [0.1, 0.15) is 23.0 Å². The number of alkyl halides is 3. The van der Waals surface area contributed by atoms with Gasteiger partial charge in [0.25, 0.3) is 5.91 Å². The number of rotatable bonds is 5. The Hall–Kier alpha value is -3.95. The fourth-order valence-electron chi connectivity index (χ4n) is 3.77. The molecule has 0 radical (unpaired) electrons. The first-order valence-corrected chi connectivity index (χ1v) is 10.3. The number of hydrogen-bond acceptors (Lipinski definition) is 4. The van der Waals surface area contributed by atoms with Gasteiger partial charge in [0.2, 0.25) is 0 Å². The van der Waals surface area contributed by atoms with Crippen LogP contribution in [0.3, 0.4) is 0 Å². The maximum atomic E-state index is 13.7. The van der Waals surface area contributed by atoms with Crippen LogP contribution < -0.4 is 10.2 Å². The van der Waals surface area contributed by atoms with E-state index >= 15 is 0 Å². The van der Waals surface area contributed by atoms with Crippen LogP contribution in [0.25, 0.3) is 11.0 Å². The van der Waals surface area contributed by atoms with E-state index in [1.807, 2.05) is 25.9 Å². The van der Waals surface area contributed by atoms with Crippen LogP contribution >= 0.6 is 0 Å². The van der Waals surface area contributed by atoms with Crippen molar-refractivity contribution in [1.29, 1.82) is 0 Å². The van der Waals surface area contributed by atoms with Gasteiger partial charge in [0, 0.05) is 32.2 Å². The third-order valence-corrected chi connectivity index (χ3v) is 5.26. The highest BCUT2D eigenvalue weighted by Crippen LogP contribution is 2.32. The number of benzene rings is 1. The molecule has 4 rings (SSSR count). The third-order valence-electron chi connectivity index (χ3n) is 5.26. The molecule has 4 aromatic rings. The molecule has 6 nitrogen and oxygen atoms in total. The Morgan fingerprint density at radius 2 is 1.85 bits per heavy atom. The molecule has 0 aliphatic carbocycles. The van der Waals surface area contributed by atoms with E-state index in [4.69, 9.17) is 0 Å². The molecule has 0 aliphatic heterocycles. The number of nitrogens with zero attached hydrogens (tertiary/aromatic N) is 4. The highest BCUT2D eigenvalue weighted by molar-refractivity contribution is 6.06. The van der Waals surface area contributed by atoms with Gasteiger partial charge in [-0.25, -0.2) is 14.4 Å². The van der Waals surface area contributed by atoms with Gasteiger partial charge < -0.3 is 14.8 Å². The second-order valence-corrected chi connectivity index (χ2v) is 8.09. The average molecular weight is 471 g/mol. The van der Waals surface area contributed by atoms with E-state index in [-0.39, 0.29) is 23.3 Å². The van der Waals surface area contributed by atoms with E-state index < -0.39 is 23.5 Å². The SMILES string of the molecule is Cc1cc(NC(=O)c2cc3cc(C(F)(F)F)cnc3n2Cc2cccc(F)c2)cnc1N(C)C. The van der Waals surface area contributed by atoms with Gasteiger partial charge in [-0.3, -0.25) is 4.79 Å². The Morgan fingerprint density at radius 1 is 1.09 bits per heavy atom. The minimum absolute atomic E-state index is 0.0409. The average Bonchev–Trinajstić information content (AvgIpc) is 3.11. The number of aryl methyl sites for hydroxylation is 1. The fraction of sp³-hybridized carbons (Fsp3) is 0.208. The molecule has 3 heterocycles. The van der Waals surface area contributed by atoms with Gasteiger partial charge in [-0.1, -0.05) is 12.1 Å². The number of nitrogens with one attached hydrogen (secondary N) is 1. The molecule has 10 heteroatoms. The van der Waals surface area contributed by atoms with Crippen molar-refractivity contribution in [3.63, 3.8) is 0 Å². The molecule has 0 atom stereocenters. The maximum absolute atomic E-state index is 13.7. The topological polar surface area (TPSA) is 63.1 Å². The van der Waals surface area contributed by atoms with Crippen LogP contribution in [0.15, 0.2) is 54.9 Å². The zero-order chi connectivity index (χ0) is 24.6. The van der Waals surface area contributed by atoms with E-state index in [0.29, 0.717) is 11.3 Å². The van der Waals surface area contributed by atoms with Crippen LogP contribution in [-0.4, -0.2) is 34.5 Å². The van der Waals surface area contributed by atoms with E-state index in [0.717, 1.165) is 23.6 Å². The number of anilines is 2. The smallest absolute Gasteiger partial charge is 0.363 e. The summed E-state index contributed by atoms with van der Waals surface area (Å²) in [5, 5.41) is 2.89. The van der Waals surface area contributed by atoms with Crippen molar-refractivity contribution >= 4 is 28.4 Å². The zero-order valence-corrected chi connectivity index (χ0v) is 18.6. The first-order chi connectivity index (χ1) is 16.0. The minimum Gasteiger partial charge on any atom is -0.363 e. The Morgan fingerprint density at radius 3 is 2.50 bits per heavy atom. The molecule has 0 saturated heterocycles. The molecule has 34 heavy (non-hydrogen) atoms. The van der Waals surface area contributed by atoms with Gasteiger partial charge in [0.15, 0.2) is 0 Å². The van der Waals surface area contributed by atoms with Crippen molar-refractivity contribution in [2.24, 2.45) is 0 Å². The highest BCUT2D eigenvalue weighted by atomic mass is 19.4. The van der Waals surface area contributed by atoms with Crippen LogP contribution in [0.5, 0.6) is 0 Å². The summed E-state index contributed by atoms with van der Waals surface area (Å²) in [6, 6.07) is 9.80. The van der Waals surface area contributed by atoms with Gasteiger partial charge in [-0.2, -0.15) is 13.2 Å². The van der Waals surface area contributed by atoms with E-state index in [1.165, 1.54) is 35.0 Å².